The Hall–Kier alpha value is -2.18. The van der Waals surface area contributed by atoms with Crippen LogP contribution in [0.2, 0.25) is 0 Å². The van der Waals surface area contributed by atoms with Crippen molar-refractivity contribution in [2.45, 2.75) is 52.5 Å². The largest absolute Gasteiger partial charge is 0.361 e. The van der Waals surface area contributed by atoms with Gasteiger partial charge in [0.05, 0.1) is 18.2 Å². The van der Waals surface area contributed by atoms with Crippen LogP contribution >= 0.6 is 0 Å². The van der Waals surface area contributed by atoms with Gasteiger partial charge in [-0.2, -0.15) is 4.98 Å². The van der Waals surface area contributed by atoms with Gasteiger partial charge in [0.25, 0.3) is 0 Å². The molecule has 0 spiro atoms. The van der Waals surface area contributed by atoms with Crippen molar-refractivity contribution >= 4 is 5.91 Å². The lowest BCUT2D eigenvalue weighted by Gasteiger charge is -2.22. The predicted octanol–water partition coefficient (Wildman–Crippen LogP) is 2.14. The lowest BCUT2D eigenvalue weighted by Crippen LogP contribution is -2.32. The summed E-state index contributed by atoms with van der Waals surface area (Å²) in [5, 5.41) is 7.92. The van der Waals surface area contributed by atoms with E-state index in [-0.39, 0.29) is 11.9 Å². The molecule has 0 radical (unpaired) electrons. The molecule has 1 aliphatic heterocycles. The fraction of sp³-hybridized carbons (Fsp3) is 0.600. The molecule has 1 atom stereocenters. The molecule has 7 heteroatoms. The first-order valence-corrected chi connectivity index (χ1v) is 7.63. The van der Waals surface area contributed by atoms with Gasteiger partial charge in [-0.15, -0.1) is 0 Å². The number of aromatic nitrogens is 3. The van der Waals surface area contributed by atoms with E-state index in [1.54, 1.807) is 0 Å². The van der Waals surface area contributed by atoms with E-state index in [2.05, 4.69) is 15.3 Å². The van der Waals surface area contributed by atoms with E-state index < -0.39 is 0 Å². The molecular formula is C15H20N4O3. The second kappa shape index (κ2) is 5.90. The molecule has 7 nitrogen and oxygen atoms in total. The first-order valence-electron chi connectivity index (χ1n) is 7.63. The zero-order chi connectivity index (χ0) is 15.7. The highest BCUT2D eigenvalue weighted by Crippen LogP contribution is 2.31. The number of amides is 1. The molecule has 1 aliphatic rings. The summed E-state index contributed by atoms with van der Waals surface area (Å²) in [4.78, 5) is 18.9. The molecule has 1 saturated heterocycles. The molecule has 3 heterocycles. The molecule has 2 aromatic rings. The fourth-order valence-corrected chi connectivity index (χ4v) is 2.89. The summed E-state index contributed by atoms with van der Waals surface area (Å²) in [6.07, 6.45) is 2.83. The van der Waals surface area contributed by atoms with Crippen molar-refractivity contribution in [1.82, 2.24) is 20.2 Å². The number of carbonyl (C=O) groups is 1. The summed E-state index contributed by atoms with van der Waals surface area (Å²) < 4.78 is 10.3. The Morgan fingerprint density at radius 1 is 1.32 bits per heavy atom. The molecule has 0 aliphatic carbocycles. The molecule has 22 heavy (non-hydrogen) atoms. The molecular weight excluding hydrogens is 284 g/mol. The minimum absolute atomic E-state index is 0.0553. The van der Waals surface area contributed by atoms with Crippen molar-refractivity contribution in [3.63, 3.8) is 0 Å². The second-order valence-corrected chi connectivity index (χ2v) is 5.62. The van der Waals surface area contributed by atoms with Crippen molar-refractivity contribution < 1.29 is 13.8 Å². The van der Waals surface area contributed by atoms with Crippen LogP contribution in [0.5, 0.6) is 0 Å². The van der Waals surface area contributed by atoms with Crippen LogP contribution < -0.4 is 0 Å². The van der Waals surface area contributed by atoms with Crippen molar-refractivity contribution in [2.24, 2.45) is 0 Å². The maximum absolute atomic E-state index is 12.6. The SMILES string of the molecule is CCc1nc([C@@H]2CCCN2C(=O)Cc2c(C)noc2C)no1. The summed E-state index contributed by atoms with van der Waals surface area (Å²) in [5.41, 5.74) is 1.65. The third kappa shape index (κ3) is 2.63. The molecule has 0 bridgehead atoms. The molecule has 1 fully saturated rings. The highest BCUT2D eigenvalue weighted by Gasteiger charge is 2.33. The van der Waals surface area contributed by atoms with Gasteiger partial charge in [0, 0.05) is 18.5 Å². The second-order valence-electron chi connectivity index (χ2n) is 5.62. The van der Waals surface area contributed by atoms with Gasteiger partial charge in [-0.05, 0) is 26.7 Å². The van der Waals surface area contributed by atoms with E-state index in [9.17, 15) is 4.79 Å². The van der Waals surface area contributed by atoms with Gasteiger partial charge in [0.2, 0.25) is 11.8 Å². The highest BCUT2D eigenvalue weighted by molar-refractivity contribution is 5.79. The number of rotatable bonds is 4. The van der Waals surface area contributed by atoms with Crippen LogP contribution in [0.25, 0.3) is 0 Å². The smallest absolute Gasteiger partial charge is 0.227 e. The average molecular weight is 304 g/mol. The lowest BCUT2D eigenvalue weighted by molar-refractivity contribution is -0.131. The van der Waals surface area contributed by atoms with Crippen LogP contribution in [0.4, 0.5) is 0 Å². The summed E-state index contributed by atoms with van der Waals surface area (Å²) in [7, 11) is 0. The van der Waals surface area contributed by atoms with Crippen molar-refractivity contribution in [3.8, 4) is 0 Å². The third-order valence-electron chi connectivity index (χ3n) is 4.17. The summed E-state index contributed by atoms with van der Waals surface area (Å²) in [5.74, 6) is 1.98. The van der Waals surface area contributed by atoms with Crippen molar-refractivity contribution in [1.29, 1.82) is 0 Å². The van der Waals surface area contributed by atoms with E-state index in [0.29, 0.717) is 30.3 Å². The number of nitrogens with zero attached hydrogens (tertiary/aromatic N) is 4. The summed E-state index contributed by atoms with van der Waals surface area (Å²) in [6.45, 7) is 6.37. The lowest BCUT2D eigenvalue weighted by atomic mass is 10.1. The molecule has 0 saturated carbocycles. The summed E-state index contributed by atoms with van der Waals surface area (Å²) >= 11 is 0. The molecule has 3 rings (SSSR count). The minimum Gasteiger partial charge on any atom is -0.361 e. The Bertz CT molecular complexity index is 657. The van der Waals surface area contributed by atoms with Crippen LogP contribution in [0.15, 0.2) is 9.05 Å². The van der Waals surface area contributed by atoms with Crippen molar-refractivity contribution in [3.05, 3.63) is 28.7 Å². The molecule has 2 aromatic heterocycles. The van der Waals surface area contributed by atoms with Crippen molar-refractivity contribution in [2.75, 3.05) is 6.54 Å². The number of hydrogen-bond acceptors (Lipinski definition) is 6. The molecule has 0 N–H and O–H groups in total. The number of aryl methyl sites for hydroxylation is 3. The van der Waals surface area contributed by atoms with Gasteiger partial charge >= 0.3 is 0 Å². The van der Waals surface area contributed by atoms with Gasteiger partial charge in [-0.25, -0.2) is 0 Å². The molecule has 0 aromatic carbocycles. The Balaban J connectivity index is 1.76. The normalized spacial score (nSPS) is 18.1. The van der Waals surface area contributed by atoms with Crippen LogP contribution in [0, 0.1) is 13.8 Å². The van der Waals surface area contributed by atoms with E-state index in [4.69, 9.17) is 9.05 Å². The third-order valence-corrected chi connectivity index (χ3v) is 4.17. The standard InChI is InChI=1S/C15H20N4O3/c1-4-13-16-15(18-22-13)12-6-5-7-19(12)14(20)8-11-9(2)17-21-10(11)3/h12H,4-8H2,1-3H3/t12-/m0/s1. The zero-order valence-electron chi connectivity index (χ0n) is 13.1. The van der Waals surface area contributed by atoms with Crippen LogP contribution in [-0.4, -0.2) is 32.6 Å². The number of hydrogen-bond donors (Lipinski definition) is 0. The zero-order valence-corrected chi connectivity index (χ0v) is 13.1. The van der Waals surface area contributed by atoms with Gasteiger partial charge < -0.3 is 13.9 Å². The quantitative estimate of drug-likeness (QED) is 0.860. The van der Waals surface area contributed by atoms with E-state index in [0.717, 1.165) is 30.6 Å². The van der Waals surface area contributed by atoms with Gasteiger partial charge in [0.1, 0.15) is 5.76 Å². The topological polar surface area (TPSA) is 85.3 Å². The van der Waals surface area contributed by atoms with E-state index >= 15 is 0 Å². The molecule has 1 amide bonds. The van der Waals surface area contributed by atoms with Gasteiger partial charge in [0.15, 0.2) is 5.82 Å². The Labute approximate surface area is 128 Å². The predicted molar refractivity (Wildman–Crippen MR) is 77.0 cm³/mol. The maximum Gasteiger partial charge on any atom is 0.227 e. The maximum atomic E-state index is 12.6. The highest BCUT2D eigenvalue weighted by atomic mass is 16.5. The molecule has 0 unspecified atom stereocenters. The van der Waals surface area contributed by atoms with Crippen LogP contribution in [0.3, 0.4) is 0 Å². The number of likely N-dealkylation sites (tertiary alicyclic amines) is 1. The summed E-state index contributed by atoms with van der Waals surface area (Å²) in [6, 6.07) is -0.0861. The Morgan fingerprint density at radius 3 is 2.77 bits per heavy atom. The fourth-order valence-electron chi connectivity index (χ4n) is 2.89. The van der Waals surface area contributed by atoms with Gasteiger partial charge in [-0.3, -0.25) is 4.79 Å². The van der Waals surface area contributed by atoms with E-state index in [1.807, 2.05) is 25.7 Å². The first-order chi connectivity index (χ1) is 10.6. The van der Waals surface area contributed by atoms with E-state index in [1.165, 1.54) is 0 Å². The monoisotopic (exact) mass is 304 g/mol. The minimum atomic E-state index is -0.0861. The number of carbonyl (C=O) groups excluding carboxylic acids is 1. The first kappa shape index (κ1) is 14.7. The van der Waals surface area contributed by atoms with Crippen LogP contribution in [0.1, 0.15) is 54.5 Å². The average Bonchev–Trinajstić information content (AvgIpc) is 3.21. The Kier molecular flexibility index (Phi) is 3.96. The van der Waals surface area contributed by atoms with Crippen LogP contribution in [-0.2, 0) is 17.6 Å². The molecule has 118 valence electrons. The Morgan fingerprint density at radius 2 is 2.14 bits per heavy atom. The van der Waals surface area contributed by atoms with Gasteiger partial charge in [-0.1, -0.05) is 17.2 Å².